The van der Waals surface area contributed by atoms with Crippen molar-refractivity contribution in [2.45, 2.75) is 12.0 Å². The highest BCUT2D eigenvalue weighted by Crippen LogP contribution is 2.32. The zero-order valence-electron chi connectivity index (χ0n) is 11.4. The Morgan fingerprint density at radius 3 is 2.19 bits per heavy atom. The molecule has 0 saturated heterocycles. The SMILES string of the molecule is COc1ccc(NC(C#N)(c2ccccc2)C(F)F)cc1. The number of hydrogen-bond acceptors (Lipinski definition) is 3. The molecule has 0 fully saturated rings. The maximum absolute atomic E-state index is 13.6. The Bertz CT molecular complexity index is 623. The summed E-state index contributed by atoms with van der Waals surface area (Å²) in [6.07, 6.45) is -2.88. The molecule has 0 heterocycles. The summed E-state index contributed by atoms with van der Waals surface area (Å²) in [5.74, 6) is 0.611. The Balaban J connectivity index is 2.39. The van der Waals surface area contributed by atoms with Crippen LogP contribution in [-0.2, 0) is 5.54 Å². The molecule has 1 unspecified atom stereocenters. The Morgan fingerprint density at radius 1 is 1.10 bits per heavy atom. The van der Waals surface area contributed by atoms with Crippen molar-refractivity contribution >= 4 is 5.69 Å². The zero-order chi connectivity index (χ0) is 15.3. The molecule has 0 aliphatic heterocycles. The van der Waals surface area contributed by atoms with Gasteiger partial charge in [0.1, 0.15) is 11.8 Å². The third kappa shape index (κ3) is 2.95. The first-order chi connectivity index (χ1) is 10.1. The summed E-state index contributed by atoms with van der Waals surface area (Å²) in [5, 5.41) is 12.0. The standard InChI is InChI=1S/C16H14F2N2O/c1-21-14-9-7-13(8-10-14)20-16(11-19,15(17)18)12-5-3-2-4-6-12/h2-10,15,20H,1H3. The fourth-order valence-corrected chi connectivity index (χ4v) is 2.00. The number of anilines is 1. The highest BCUT2D eigenvalue weighted by molar-refractivity contribution is 5.53. The third-order valence-corrected chi connectivity index (χ3v) is 3.16. The van der Waals surface area contributed by atoms with Crippen LogP contribution < -0.4 is 10.1 Å². The van der Waals surface area contributed by atoms with Crippen LogP contribution in [0.4, 0.5) is 14.5 Å². The fraction of sp³-hybridized carbons (Fsp3) is 0.188. The lowest BCUT2D eigenvalue weighted by molar-refractivity contribution is 0.0928. The lowest BCUT2D eigenvalue weighted by Gasteiger charge is -2.28. The molecule has 0 spiro atoms. The molecule has 0 aliphatic rings. The molecule has 108 valence electrons. The van der Waals surface area contributed by atoms with Gasteiger partial charge in [-0.25, -0.2) is 8.78 Å². The van der Waals surface area contributed by atoms with Gasteiger partial charge in [0.15, 0.2) is 0 Å². The van der Waals surface area contributed by atoms with E-state index in [1.807, 2.05) is 0 Å². The minimum absolute atomic E-state index is 0.221. The predicted octanol–water partition coefficient (Wildman–Crippen LogP) is 3.79. The normalized spacial score (nSPS) is 13.3. The molecule has 5 heteroatoms. The predicted molar refractivity (Wildman–Crippen MR) is 76.4 cm³/mol. The van der Waals surface area contributed by atoms with Crippen LogP contribution in [0.1, 0.15) is 5.56 Å². The molecule has 0 aromatic heterocycles. The number of nitriles is 1. The summed E-state index contributed by atoms with van der Waals surface area (Å²) >= 11 is 0. The van der Waals surface area contributed by atoms with Gasteiger partial charge in [0, 0.05) is 5.69 Å². The van der Waals surface area contributed by atoms with Gasteiger partial charge in [0.2, 0.25) is 5.54 Å². The van der Waals surface area contributed by atoms with E-state index < -0.39 is 12.0 Å². The highest BCUT2D eigenvalue weighted by atomic mass is 19.3. The average molecular weight is 288 g/mol. The summed E-state index contributed by atoms with van der Waals surface area (Å²) in [6.45, 7) is 0. The molecule has 21 heavy (non-hydrogen) atoms. The van der Waals surface area contributed by atoms with E-state index in [0.29, 0.717) is 11.4 Å². The van der Waals surface area contributed by atoms with E-state index in [-0.39, 0.29) is 5.56 Å². The first-order valence-electron chi connectivity index (χ1n) is 6.29. The number of hydrogen-bond donors (Lipinski definition) is 1. The number of methoxy groups -OCH3 is 1. The Morgan fingerprint density at radius 2 is 1.71 bits per heavy atom. The third-order valence-electron chi connectivity index (χ3n) is 3.16. The lowest BCUT2D eigenvalue weighted by Crippen LogP contribution is -2.41. The molecule has 0 amide bonds. The van der Waals surface area contributed by atoms with E-state index in [0.717, 1.165) is 0 Å². The summed E-state index contributed by atoms with van der Waals surface area (Å²) < 4.78 is 32.1. The fourth-order valence-electron chi connectivity index (χ4n) is 2.00. The van der Waals surface area contributed by atoms with Crippen LogP contribution in [0.3, 0.4) is 0 Å². The second-order valence-electron chi connectivity index (χ2n) is 4.44. The van der Waals surface area contributed by atoms with Crippen LogP contribution in [-0.4, -0.2) is 13.5 Å². The van der Waals surface area contributed by atoms with Gasteiger partial charge in [-0.2, -0.15) is 5.26 Å². The van der Waals surface area contributed by atoms with E-state index in [1.54, 1.807) is 48.5 Å². The number of halogens is 2. The van der Waals surface area contributed by atoms with Crippen LogP contribution in [0.2, 0.25) is 0 Å². The van der Waals surface area contributed by atoms with Gasteiger partial charge in [-0.05, 0) is 29.8 Å². The van der Waals surface area contributed by atoms with Crippen molar-refractivity contribution in [2.75, 3.05) is 12.4 Å². The second-order valence-corrected chi connectivity index (χ2v) is 4.44. The molecule has 2 aromatic carbocycles. The van der Waals surface area contributed by atoms with Crippen molar-refractivity contribution in [3.05, 3.63) is 60.2 Å². The smallest absolute Gasteiger partial charge is 0.278 e. The monoisotopic (exact) mass is 288 g/mol. The maximum Gasteiger partial charge on any atom is 0.278 e. The van der Waals surface area contributed by atoms with E-state index in [2.05, 4.69) is 5.32 Å². The summed E-state index contributed by atoms with van der Waals surface area (Å²) in [5.41, 5.74) is -1.45. The van der Waals surface area contributed by atoms with Gasteiger partial charge < -0.3 is 10.1 Å². The zero-order valence-corrected chi connectivity index (χ0v) is 11.4. The van der Waals surface area contributed by atoms with Crippen molar-refractivity contribution < 1.29 is 13.5 Å². The highest BCUT2D eigenvalue weighted by Gasteiger charge is 2.42. The van der Waals surface area contributed by atoms with Gasteiger partial charge in [0.25, 0.3) is 6.43 Å². The number of nitrogens with one attached hydrogen (secondary N) is 1. The van der Waals surface area contributed by atoms with Gasteiger partial charge in [-0.3, -0.25) is 0 Å². The summed E-state index contributed by atoms with van der Waals surface area (Å²) in [4.78, 5) is 0. The number of nitrogens with zero attached hydrogens (tertiary/aromatic N) is 1. The van der Waals surface area contributed by atoms with Crippen LogP contribution in [0, 0.1) is 11.3 Å². The second kappa shape index (κ2) is 6.23. The van der Waals surface area contributed by atoms with E-state index in [9.17, 15) is 14.0 Å². The Kier molecular flexibility index (Phi) is 4.39. The van der Waals surface area contributed by atoms with Crippen molar-refractivity contribution in [1.82, 2.24) is 0 Å². The van der Waals surface area contributed by atoms with Gasteiger partial charge in [0.05, 0.1) is 7.11 Å². The molecule has 0 radical (unpaired) electrons. The lowest BCUT2D eigenvalue weighted by atomic mass is 9.91. The summed E-state index contributed by atoms with van der Waals surface area (Å²) in [7, 11) is 1.52. The van der Waals surface area contributed by atoms with Crippen molar-refractivity contribution in [3.63, 3.8) is 0 Å². The minimum Gasteiger partial charge on any atom is -0.497 e. The molecule has 1 atom stereocenters. The van der Waals surface area contributed by atoms with Crippen molar-refractivity contribution in [3.8, 4) is 11.8 Å². The molecule has 3 nitrogen and oxygen atoms in total. The van der Waals surface area contributed by atoms with E-state index in [4.69, 9.17) is 4.74 Å². The quantitative estimate of drug-likeness (QED) is 0.910. The summed E-state index contributed by atoms with van der Waals surface area (Å²) in [6, 6.07) is 16.2. The van der Waals surface area contributed by atoms with E-state index >= 15 is 0 Å². The molecule has 0 bridgehead atoms. The van der Waals surface area contributed by atoms with Gasteiger partial charge in [-0.1, -0.05) is 30.3 Å². The number of benzene rings is 2. The van der Waals surface area contributed by atoms with Crippen molar-refractivity contribution in [1.29, 1.82) is 5.26 Å². The van der Waals surface area contributed by atoms with Gasteiger partial charge >= 0.3 is 0 Å². The number of rotatable bonds is 5. The molecule has 2 rings (SSSR count). The maximum atomic E-state index is 13.6. The molecule has 2 aromatic rings. The first-order valence-corrected chi connectivity index (χ1v) is 6.29. The largest absolute Gasteiger partial charge is 0.497 e. The van der Waals surface area contributed by atoms with Crippen LogP contribution in [0.5, 0.6) is 5.75 Å². The molecule has 1 N–H and O–H groups in total. The number of alkyl halides is 2. The van der Waals surface area contributed by atoms with Crippen LogP contribution in [0.15, 0.2) is 54.6 Å². The average Bonchev–Trinajstić information content (AvgIpc) is 2.54. The Hall–Kier alpha value is -2.61. The van der Waals surface area contributed by atoms with Crippen LogP contribution in [0.25, 0.3) is 0 Å². The van der Waals surface area contributed by atoms with Crippen molar-refractivity contribution in [2.24, 2.45) is 0 Å². The number of ether oxygens (including phenoxy) is 1. The van der Waals surface area contributed by atoms with E-state index in [1.165, 1.54) is 19.2 Å². The minimum atomic E-state index is -2.88. The Labute approximate surface area is 121 Å². The topological polar surface area (TPSA) is 45.0 Å². The molecular formula is C16H14F2N2O. The van der Waals surface area contributed by atoms with Crippen LogP contribution >= 0.6 is 0 Å². The molecule has 0 saturated carbocycles. The molecule has 0 aliphatic carbocycles. The molecular weight excluding hydrogens is 274 g/mol. The van der Waals surface area contributed by atoms with Gasteiger partial charge in [-0.15, -0.1) is 0 Å². The first kappa shape index (κ1) is 14.8.